The van der Waals surface area contributed by atoms with Gasteiger partial charge < -0.3 is 15.2 Å². The Morgan fingerprint density at radius 3 is 2.37 bits per heavy atom. The Labute approximate surface area is 166 Å². The van der Waals surface area contributed by atoms with E-state index in [9.17, 15) is 18.0 Å². The summed E-state index contributed by atoms with van der Waals surface area (Å²) in [5, 5.41) is 11.3. The van der Waals surface area contributed by atoms with Crippen molar-refractivity contribution >= 4 is 43.5 Å². The van der Waals surface area contributed by atoms with E-state index in [2.05, 4.69) is 5.32 Å². The lowest BCUT2D eigenvalue weighted by Gasteiger charge is -2.26. The zero-order valence-electron chi connectivity index (χ0n) is 14.6. The van der Waals surface area contributed by atoms with E-state index in [-0.39, 0.29) is 17.2 Å². The highest BCUT2D eigenvalue weighted by atomic mass is 33.1. The van der Waals surface area contributed by atoms with E-state index in [0.717, 1.165) is 0 Å². The predicted molar refractivity (Wildman–Crippen MR) is 106 cm³/mol. The molecule has 1 fully saturated rings. The van der Waals surface area contributed by atoms with Crippen LogP contribution in [0.25, 0.3) is 0 Å². The first-order valence-electron chi connectivity index (χ1n) is 8.33. The van der Waals surface area contributed by atoms with Crippen molar-refractivity contribution < 1.29 is 27.9 Å². The summed E-state index contributed by atoms with van der Waals surface area (Å²) in [4.78, 5) is 22.6. The fraction of sp³-hybridized carbons (Fsp3) is 0.500. The number of morpholine rings is 1. The van der Waals surface area contributed by atoms with Gasteiger partial charge in [-0.05, 0) is 24.3 Å². The van der Waals surface area contributed by atoms with Crippen LogP contribution in [-0.2, 0) is 19.6 Å². The van der Waals surface area contributed by atoms with E-state index < -0.39 is 16.0 Å². The summed E-state index contributed by atoms with van der Waals surface area (Å²) in [5.41, 5.74) is 0.388. The number of amides is 1. The Morgan fingerprint density at radius 2 is 1.74 bits per heavy atom. The fourth-order valence-electron chi connectivity index (χ4n) is 2.27. The largest absolute Gasteiger partial charge is 0.481 e. The molecule has 2 rings (SSSR count). The van der Waals surface area contributed by atoms with E-state index >= 15 is 0 Å². The first kappa shape index (κ1) is 22.0. The Bertz CT molecular complexity index is 733. The highest BCUT2D eigenvalue weighted by Gasteiger charge is 2.26. The van der Waals surface area contributed by atoms with Crippen LogP contribution in [0.3, 0.4) is 0 Å². The topological polar surface area (TPSA) is 113 Å². The Balaban J connectivity index is 1.78. The minimum absolute atomic E-state index is 0.115. The number of ether oxygens (including phenoxy) is 1. The van der Waals surface area contributed by atoms with Gasteiger partial charge in [-0.1, -0.05) is 21.6 Å². The van der Waals surface area contributed by atoms with Crippen LogP contribution < -0.4 is 5.32 Å². The molecule has 150 valence electrons. The third-order valence-electron chi connectivity index (χ3n) is 3.68. The van der Waals surface area contributed by atoms with E-state index in [1.807, 2.05) is 0 Å². The van der Waals surface area contributed by atoms with Crippen molar-refractivity contribution in [2.45, 2.75) is 11.3 Å². The van der Waals surface area contributed by atoms with Gasteiger partial charge in [-0.25, -0.2) is 8.42 Å². The Morgan fingerprint density at radius 1 is 1.11 bits per heavy atom. The second-order valence-corrected chi connectivity index (χ2v) is 10.2. The zero-order chi connectivity index (χ0) is 19.7. The molecule has 0 unspecified atom stereocenters. The van der Waals surface area contributed by atoms with Crippen LogP contribution >= 0.6 is 21.6 Å². The van der Waals surface area contributed by atoms with E-state index in [0.29, 0.717) is 49.9 Å². The lowest BCUT2D eigenvalue weighted by Crippen LogP contribution is -2.40. The molecule has 1 aliphatic rings. The fourth-order valence-corrected chi connectivity index (χ4v) is 5.56. The minimum Gasteiger partial charge on any atom is -0.481 e. The summed E-state index contributed by atoms with van der Waals surface area (Å²) in [7, 11) is -0.618. The molecule has 27 heavy (non-hydrogen) atoms. The van der Waals surface area contributed by atoms with Crippen LogP contribution in [0.5, 0.6) is 0 Å². The molecule has 1 aromatic carbocycles. The summed E-state index contributed by atoms with van der Waals surface area (Å²) in [6.07, 6.45) is 0.115. The first-order valence-corrected chi connectivity index (χ1v) is 12.3. The number of nitrogens with zero attached hydrogens (tertiary/aromatic N) is 1. The van der Waals surface area contributed by atoms with E-state index in [1.54, 1.807) is 0 Å². The van der Waals surface area contributed by atoms with Crippen LogP contribution in [0, 0.1) is 0 Å². The molecule has 1 saturated heterocycles. The smallest absolute Gasteiger partial charge is 0.304 e. The second kappa shape index (κ2) is 10.9. The van der Waals surface area contributed by atoms with Gasteiger partial charge in [-0.2, -0.15) is 4.31 Å². The summed E-state index contributed by atoms with van der Waals surface area (Å²) in [6, 6.07) is 5.88. The molecule has 0 atom stereocenters. The maximum Gasteiger partial charge on any atom is 0.304 e. The van der Waals surface area contributed by atoms with Crippen molar-refractivity contribution in [3.63, 3.8) is 0 Å². The SMILES string of the molecule is O=C(O)CCSSCCNC(=O)c1ccc(S(=O)(=O)N2CCOCC2)cc1. The molecule has 0 aromatic heterocycles. The molecule has 0 aliphatic carbocycles. The summed E-state index contributed by atoms with van der Waals surface area (Å²) < 4.78 is 31.6. The number of nitrogens with one attached hydrogen (secondary N) is 1. The Kier molecular flexibility index (Phi) is 8.90. The second-order valence-electron chi connectivity index (χ2n) is 5.58. The van der Waals surface area contributed by atoms with Gasteiger partial charge in [0.15, 0.2) is 0 Å². The van der Waals surface area contributed by atoms with Crippen molar-refractivity contribution in [3.8, 4) is 0 Å². The summed E-state index contributed by atoms with van der Waals surface area (Å²) in [5.74, 6) is 0.0731. The number of carboxylic acid groups (broad SMARTS) is 1. The first-order chi connectivity index (χ1) is 12.9. The number of carbonyl (C=O) groups excluding carboxylic acids is 1. The monoisotopic (exact) mass is 434 g/mol. The van der Waals surface area contributed by atoms with Gasteiger partial charge in [-0.3, -0.25) is 9.59 Å². The molecule has 1 aliphatic heterocycles. The molecule has 0 saturated carbocycles. The van der Waals surface area contributed by atoms with Crippen molar-refractivity contribution in [2.24, 2.45) is 0 Å². The van der Waals surface area contributed by atoms with Crippen LogP contribution in [0.2, 0.25) is 0 Å². The van der Waals surface area contributed by atoms with Crippen molar-refractivity contribution in [2.75, 3.05) is 44.4 Å². The number of carbonyl (C=O) groups is 2. The Hall–Kier alpha value is -1.27. The number of aliphatic carboxylic acids is 1. The van der Waals surface area contributed by atoms with Gasteiger partial charge in [0, 0.05) is 36.7 Å². The minimum atomic E-state index is -3.57. The lowest BCUT2D eigenvalue weighted by atomic mass is 10.2. The van der Waals surface area contributed by atoms with Gasteiger partial charge in [0.05, 0.1) is 24.5 Å². The summed E-state index contributed by atoms with van der Waals surface area (Å²) in [6.45, 7) is 1.86. The van der Waals surface area contributed by atoms with Gasteiger partial charge in [0.25, 0.3) is 5.91 Å². The predicted octanol–water partition coefficient (Wildman–Crippen LogP) is 1.29. The summed E-state index contributed by atoms with van der Waals surface area (Å²) >= 11 is 0. The molecule has 0 radical (unpaired) electrons. The van der Waals surface area contributed by atoms with Gasteiger partial charge >= 0.3 is 5.97 Å². The molecule has 1 aromatic rings. The number of hydrogen-bond acceptors (Lipinski definition) is 7. The number of benzene rings is 1. The maximum atomic E-state index is 12.5. The molecule has 1 amide bonds. The third kappa shape index (κ3) is 7.00. The molecule has 1 heterocycles. The highest BCUT2D eigenvalue weighted by molar-refractivity contribution is 8.76. The quantitative estimate of drug-likeness (QED) is 0.418. The molecule has 2 N–H and O–H groups in total. The number of carboxylic acids is 1. The molecule has 11 heteroatoms. The van der Waals surface area contributed by atoms with Gasteiger partial charge in [0.2, 0.25) is 10.0 Å². The van der Waals surface area contributed by atoms with Crippen LogP contribution in [0.4, 0.5) is 0 Å². The average molecular weight is 435 g/mol. The number of sulfonamides is 1. The molecular formula is C16H22N2O6S3. The van der Waals surface area contributed by atoms with Crippen molar-refractivity contribution in [3.05, 3.63) is 29.8 Å². The molecule has 0 bridgehead atoms. The van der Waals surface area contributed by atoms with Crippen LogP contribution in [-0.4, -0.2) is 74.1 Å². The van der Waals surface area contributed by atoms with Crippen molar-refractivity contribution in [1.82, 2.24) is 9.62 Å². The molecule has 0 spiro atoms. The van der Waals surface area contributed by atoms with Gasteiger partial charge in [0.1, 0.15) is 0 Å². The maximum absolute atomic E-state index is 12.5. The molecule has 8 nitrogen and oxygen atoms in total. The zero-order valence-corrected chi connectivity index (χ0v) is 17.1. The average Bonchev–Trinajstić information content (AvgIpc) is 2.67. The lowest BCUT2D eigenvalue weighted by molar-refractivity contribution is -0.136. The van der Waals surface area contributed by atoms with Crippen LogP contribution in [0.15, 0.2) is 29.2 Å². The molecular weight excluding hydrogens is 412 g/mol. The van der Waals surface area contributed by atoms with Crippen molar-refractivity contribution in [1.29, 1.82) is 0 Å². The highest BCUT2D eigenvalue weighted by Crippen LogP contribution is 2.21. The van der Waals surface area contributed by atoms with Gasteiger partial charge in [-0.15, -0.1) is 0 Å². The number of hydrogen-bond donors (Lipinski definition) is 2. The van der Waals surface area contributed by atoms with Crippen LogP contribution in [0.1, 0.15) is 16.8 Å². The third-order valence-corrected chi connectivity index (χ3v) is 8.00. The standard InChI is InChI=1S/C16H22N2O6S3/c19-15(20)5-11-25-26-12-6-17-16(21)13-1-3-14(4-2-13)27(22,23)18-7-9-24-10-8-18/h1-4H,5-12H2,(H,17,21)(H,19,20). The van der Waals surface area contributed by atoms with E-state index in [1.165, 1.54) is 50.2 Å². The van der Waals surface area contributed by atoms with E-state index in [4.69, 9.17) is 9.84 Å². The number of rotatable bonds is 10. The normalized spacial score (nSPS) is 15.4.